The third-order valence-corrected chi connectivity index (χ3v) is 5.89. The van der Waals surface area contributed by atoms with Crippen LogP contribution in [0.2, 0.25) is 0 Å². The van der Waals surface area contributed by atoms with Gasteiger partial charge in [0.1, 0.15) is 0 Å². The molecule has 0 bridgehead atoms. The summed E-state index contributed by atoms with van der Waals surface area (Å²) in [5, 5.41) is 0. The molecule has 1 aromatic heterocycles. The first-order valence-corrected chi connectivity index (χ1v) is 7.66. The molecular formula is C4H8O6SSi2. The molecule has 1 aromatic rings. The van der Waals surface area contributed by atoms with Gasteiger partial charge >= 0.3 is 17.6 Å². The van der Waals surface area contributed by atoms with Gasteiger partial charge in [0.15, 0.2) is 0 Å². The van der Waals surface area contributed by atoms with Crippen LogP contribution >= 0.6 is 11.3 Å². The van der Waals surface area contributed by atoms with Crippen LogP contribution in [0.3, 0.4) is 0 Å². The smallest absolute Gasteiger partial charge is 0.386 e. The Balaban J connectivity index is 3.01. The van der Waals surface area contributed by atoms with Crippen LogP contribution in [0.15, 0.2) is 12.1 Å². The van der Waals surface area contributed by atoms with Gasteiger partial charge in [0.2, 0.25) is 0 Å². The first-order valence-electron chi connectivity index (χ1n) is 3.16. The molecular weight excluding hydrogens is 232 g/mol. The van der Waals surface area contributed by atoms with Crippen LogP contribution in [0, 0.1) is 0 Å². The lowest BCUT2D eigenvalue weighted by Crippen LogP contribution is -2.49. The predicted molar refractivity (Wildman–Crippen MR) is 48.4 cm³/mol. The Kier molecular flexibility index (Phi) is 2.73. The van der Waals surface area contributed by atoms with Crippen molar-refractivity contribution in [2.24, 2.45) is 0 Å². The average Bonchev–Trinajstić information content (AvgIpc) is 2.28. The minimum atomic E-state index is -4.38. The second-order valence-corrected chi connectivity index (χ2v) is 7.86. The molecule has 6 N–H and O–H groups in total. The maximum atomic E-state index is 8.80. The monoisotopic (exact) mass is 240 g/mol. The SMILES string of the molecule is O[Si](O)(O)c1ccc([Si](O)(O)O)s1. The van der Waals surface area contributed by atoms with Crippen LogP contribution in [0.4, 0.5) is 0 Å². The number of hydrogen-bond acceptors (Lipinski definition) is 7. The van der Waals surface area contributed by atoms with Gasteiger partial charge in [-0.3, -0.25) is 0 Å². The molecule has 0 aliphatic heterocycles. The van der Waals surface area contributed by atoms with E-state index < -0.39 is 17.6 Å². The van der Waals surface area contributed by atoms with Crippen molar-refractivity contribution in [3.63, 3.8) is 0 Å². The Morgan fingerprint density at radius 3 is 1.23 bits per heavy atom. The molecule has 0 saturated carbocycles. The van der Waals surface area contributed by atoms with E-state index in [1.807, 2.05) is 0 Å². The molecule has 74 valence electrons. The molecule has 1 heterocycles. The minimum Gasteiger partial charge on any atom is -0.386 e. The molecule has 0 aliphatic rings. The highest BCUT2D eigenvalue weighted by Gasteiger charge is 2.38. The highest BCUT2D eigenvalue weighted by molar-refractivity contribution is 7.32. The van der Waals surface area contributed by atoms with Crippen LogP contribution in [-0.2, 0) is 0 Å². The molecule has 0 aliphatic carbocycles. The molecule has 0 amide bonds. The summed E-state index contributed by atoms with van der Waals surface area (Å²) >= 11 is 0.570. The second kappa shape index (κ2) is 3.23. The summed E-state index contributed by atoms with van der Waals surface area (Å²) in [6.07, 6.45) is 0. The van der Waals surface area contributed by atoms with E-state index in [0.29, 0.717) is 11.3 Å². The molecule has 0 spiro atoms. The Morgan fingerprint density at radius 2 is 1.08 bits per heavy atom. The van der Waals surface area contributed by atoms with Crippen LogP contribution in [0.1, 0.15) is 0 Å². The van der Waals surface area contributed by atoms with E-state index in [0.717, 1.165) is 12.1 Å². The first kappa shape index (κ1) is 11.0. The molecule has 0 radical (unpaired) electrons. The zero-order valence-corrected chi connectivity index (χ0v) is 9.06. The lowest BCUT2D eigenvalue weighted by Gasteiger charge is -2.07. The van der Waals surface area contributed by atoms with E-state index in [-0.39, 0.29) is 9.00 Å². The number of hydrogen-bond donors (Lipinski definition) is 6. The van der Waals surface area contributed by atoms with E-state index in [1.54, 1.807) is 0 Å². The van der Waals surface area contributed by atoms with Gasteiger partial charge in [0, 0.05) is 0 Å². The van der Waals surface area contributed by atoms with Gasteiger partial charge in [0.05, 0.1) is 9.00 Å². The van der Waals surface area contributed by atoms with Crippen molar-refractivity contribution >= 4 is 37.9 Å². The van der Waals surface area contributed by atoms with Crippen LogP contribution < -0.4 is 9.00 Å². The molecule has 0 aromatic carbocycles. The van der Waals surface area contributed by atoms with E-state index in [4.69, 9.17) is 28.8 Å². The van der Waals surface area contributed by atoms with E-state index in [2.05, 4.69) is 0 Å². The minimum absolute atomic E-state index is 0.156. The van der Waals surface area contributed by atoms with Gasteiger partial charge in [-0.2, -0.15) is 0 Å². The second-order valence-electron chi connectivity index (χ2n) is 2.43. The van der Waals surface area contributed by atoms with Gasteiger partial charge in [-0.05, 0) is 12.1 Å². The molecule has 0 fully saturated rings. The zero-order chi connectivity index (χ0) is 10.3. The van der Waals surface area contributed by atoms with Gasteiger partial charge in [0.25, 0.3) is 0 Å². The first-order chi connectivity index (χ1) is 5.71. The van der Waals surface area contributed by atoms with Crippen molar-refractivity contribution in [3.05, 3.63) is 12.1 Å². The highest BCUT2D eigenvalue weighted by atomic mass is 32.1. The van der Waals surface area contributed by atoms with Crippen LogP contribution in [0.5, 0.6) is 0 Å². The zero-order valence-electron chi connectivity index (χ0n) is 6.25. The fourth-order valence-corrected chi connectivity index (χ4v) is 3.88. The summed E-state index contributed by atoms with van der Waals surface area (Å²) in [5.41, 5.74) is 0. The van der Waals surface area contributed by atoms with E-state index in [1.165, 1.54) is 0 Å². The van der Waals surface area contributed by atoms with E-state index in [9.17, 15) is 0 Å². The van der Waals surface area contributed by atoms with Crippen molar-refractivity contribution < 1.29 is 28.8 Å². The van der Waals surface area contributed by atoms with Crippen molar-refractivity contribution in [2.45, 2.75) is 0 Å². The standard InChI is InChI=1S/C4H8O6SSi2/c5-12(6,7)3-1-2-4(11-3)13(8,9)10/h1-2,5-10H. The lowest BCUT2D eigenvalue weighted by molar-refractivity contribution is 0.249. The molecule has 9 heteroatoms. The Morgan fingerprint density at radius 1 is 0.769 bits per heavy atom. The summed E-state index contributed by atoms with van der Waals surface area (Å²) in [6.45, 7) is 0. The average molecular weight is 240 g/mol. The van der Waals surface area contributed by atoms with Crippen molar-refractivity contribution in [1.29, 1.82) is 0 Å². The Bertz CT molecular complexity index is 270. The summed E-state index contributed by atoms with van der Waals surface area (Å²) in [7, 11) is -8.77. The van der Waals surface area contributed by atoms with Gasteiger partial charge in [-0.1, -0.05) is 0 Å². The maximum absolute atomic E-state index is 8.80. The highest BCUT2D eigenvalue weighted by Crippen LogP contribution is 2.01. The largest absolute Gasteiger partial charge is 0.539 e. The Hall–Kier alpha value is -0.106. The lowest BCUT2D eigenvalue weighted by atomic mass is 10.7. The fraction of sp³-hybridized carbons (Fsp3) is 0. The molecule has 0 saturated heterocycles. The third kappa shape index (κ3) is 2.67. The normalized spacial score (nSPS) is 13.4. The fourth-order valence-electron chi connectivity index (χ4n) is 0.698. The van der Waals surface area contributed by atoms with Gasteiger partial charge < -0.3 is 28.8 Å². The molecule has 0 unspecified atom stereocenters. The maximum Gasteiger partial charge on any atom is 0.539 e. The molecule has 6 nitrogen and oxygen atoms in total. The molecule has 1 rings (SSSR count). The van der Waals surface area contributed by atoms with Crippen molar-refractivity contribution in [1.82, 2.24) is 0 Å². The van der Waals surface area contributed by atoms with Crippen LogP contribution in [0.25, 0.3) is 0 Å². The third-order valence-electron chi connectivity index (χ3n) is 1.27. The summed E-state index contributed by atoms with van der Waals surface area (Å²) in [4.78, 5) is 52.8. The predicted octanol–water partition coefficient (Wildman–Crippen LogP) is -4.01. The van der Waals surface area contributed by atoms with E-state index >= 15 is 0 Å². The Labute approximate surface area is 79.3 Å². The molecule has 13 heavy (non-hydrogen) atoms. The quantitative estimate of drug-likeness (QED) is 0.293. The van der Waals surface area contributed by atoms with Gasteiger partial charge in [-0.25, -0.2) is 0 Å². The van der Waals surface area contributed by atoms with Crippen molar-refractivity contribution in [3.8, 4) is 0 Å². The summed E-state index contributed by atoms with van der Waals surface area (Å²) in [6, 6.07) is 2.27. The molecule has 0 atom stereocenters. The van der Waals surface area contributed by atoms with Crippen LogP contribution in [-0.4, -0.2) is 46.4 Å². The van der Waals surface area contributed by atoms with Gasteiger partial charge in [-0.15, -0.1) is 11.3 Å². The number of rotatable bonds is 2. The number of thiophene rings is 1. The van der Waals surface area contributed by atoms with Crippen molar-refractivity contribution in [2.75, 3.05) is 0 Å². The summed E-state index contributed by atoms with van der Waals surface area (Å²) < 4.78 is -0.312. The summed E-state index contributed by atoms with van der Waals surface area (Å²) in [5.74, 6) is 0. The topological polar surface area (TPSA) is 121 Å².